The molecule has 0 spiro atoms. The summed E-state index contributed by atoms with van der Waals surface area (Å²) in [6, 6.07) is 14.9. The molecule has 1 aliphatic heterocycles. The fourth-order valence-corrected chi connectivity index (χ4v) is 5.63. The van der Waals surface area contributed by atoms with Gasteiger partial charge in [0.25, 0.3) is 5.91 Å². The third-order valence-electron chi connectivity index (χ3n) is 5.30. The molecule has 2 aromatic carbocycles. The van der Waals surface area contributed by atoms with Crippen LogP contribution in [0.25, 0.3) is 11.3 Å². The number of halogens is 1. The summed E-state index contributed by atoms with van der Waals surface area (Å²) in [5.41, 5.74) is 4.75. The number of nitrogens with zero attached hydrogens (tertiary/aromatic N) is 2. The Hall–Kier alpha value is -2.45. The Balaban J connectivity index is 1.70. The average molecular weight is 488 g/mol. The van der Waals surface area contributed by atoms with E-state index in [-0.39, 0.29) is 29.1 Å². The first-order valence-electron chi connectivity index (χ1n) is 9.66. The quantitative estimate of drug-likeness (QED) is 0.585. The number of hydrogen-bond acceptors (Lipinski definition) is 4. The number of carbonyl (C=O) groups is 1. The molecule has 1 N–H and O–H groups in total. The van der Waals surface area contributed by atoms with E-state index in [9.17, 15) is 13.2 Å². The second-order valence-electron chi connectivity index (χ2n) is 7.70. The first kappa shape index (κ1) is 20.8. The van der Waals surface area contributed by atoms with Crippen molar-refractivity contribution < 1.29 is 13.2 Å². The van der Waals surface area contributed by atoms with Crippen molar-refractivity contribution in [1.29, 1.82) is 0 Å². The average Bonchev–Trinajstić information content (AvgIpc) is 3.29. The van der Waals surface area contributed by atoms with Crippen molar-refractivity contribution in [3.05, 3.63) is 69.8 Å². The predicted octanol–water partition coefficient (Wildman–Crippen LogP) is 4.54. The first-order valence-corrected chi connectivity index (χ1v) is 12.3. The summed E-state index contributed by atoms with van der Waals surface area (Å²) < 4.78 is 26.7. The van der Waals surface area contributed by atoms with Crippen molar-refractivity contribution in [2.45, 2.75) is 26.3 Å². The van der Waals surface area contributed by atoms with Crippen LogP contribution in [0.2, 0.25) is 0 Å². The van der Waals surface area contributed by atoms with E-state index < -0.39 is 9.84 Å². The van der Waals surface area contributed by atoms with E-state index in [1.807, 2.05) is 56.3 Å². The molecule has 156 valence electrons. The van der Waals surface area contributed by atoms with Gasteiger partial charge in [0.2, 0.25) is 0 Å². The van der Waals surface area contributed by atoms with E-state index in [2.05, 4.69) is 26.3 Å². The number of aryl methyl sites for hydroxylation is 2. The van der Waals surface area contributed by atoms with Crippen LogP contribution in [0.5, 0.6) is 0 Å². The smallest absolute Gasteiger partial charge is 0.276 e. The molecule has 1 amide bonds. The minimum atomic E-state index is -3.08. The number of anilines is 1. The van der Waals surface area contributed by atoms with Gasteiger partial charge in [-0.05, 0) is 49.6 Å². The minimum absolute atomic E-state index is 0.0412. The van der Waals surface area contributed by atoms with Crippen LogP contribution in [-0.4, -0.2) is 35.6 Å². The van der Waals surface area contributed by atoms with Crippen molar-refractivity contribution >= 4 is 37.4 Å². The topological polar surface area (TPSA) is 81.1 Å². The van der Waals surface area contributed by atoms with Gasteiger partial charge in [0, 0.05) is 10.2 Å². The van der Waals surface area contributed by atoms with Gasteiger partial charge in [0.1, 0.15) is 0 Å². The van der Waals surface area contributed by atoms with Gasteiger partial charge in [-0.25, -0.2) is 8.42 Å². The van der Waals surface area contributed by atoms with E-state index in [1.165, 1.54) is 0 Å². The van der Waals surface area contributed by atoms with Crippen LogP contribution >= 0.6 is 15.9 Å². The third-order valence-corrected chi connectivity index (χ3v) is 7.90. The molecule has 1 unspecified atom stereocenters. The van der Waals surface area contributed by atoms with E-state index in [0.717, 1.165) is 26.9 Å². The van der Waals surface area contributed by atoms with Gasteiger partial charge in [0.05, 0.1) is 23.2 Å². The molecule has 1 fully saturated rings. The van der Waals surface area contributed by atoms with Gasteiger partial charge < -0.3 is 5.32 Å². The maximum Gasteiger partial charge on any atom is 0.276 e. The van der Waals surface area contributed by atoms with Crippen LogP contribution in [0.3, 0.4) is 0 Å². The zero-order chi connectivity index (χ0) is 21.5. The Morgan fingerprint density at radius 2 is 1.87 bits per heavy atom. The molecule has 2 heterocycles. The summed E-state index contributed by atoms with van der Waals surface area (Å²) >= 11 is 3.47. The maximum atomic E-state index is 12.9. The van der Waals surface area contributed by atoms with E-state index >= 15 is 0 Å². The number of benzene rings is 2. The fraction of sp³-hybridized carbons (Fsp3) is 0.273. The van der Waals surface area contributed by atoms with Crippen LogP contribution < -0.4 is 5.32 Å². The highest BCUT2D eigenvalue weighted by molar-refractivity contribution is 9.10. The van der Waals surface area contributed by atoms with Crippen LogP contribution in [0.4, 0.5) is 5.69 Å². The second-order valence-corrected chi connectivity index (χ2v) is 10.8. The first-order chi connectivity index (χ1) is 14.2. The minimum Gasteiger partial charge on any atom is -0.321 e. The summed E-state index contributed by atoms with van der Waals surface area (Å²) in [7, 11) is -3.08. The number of rotatable bonds is 4. The number of aromatic nitrogens is 2. The summed E-state index contributed by atoms with van der Waals surface area (Å²) in [6.45, 7) is 3.98. The molecule has 3 aromatic rings. The summed E-state index contributed by atoms with van der Waals surface area (Å²) in [4.78, 5) is 12.9. The molecule has 6 nitrogen and oxygen atoms in total. The molecule has 0 aliphatic carbocycles. The van der Waals surface area contributed by atoms with Gasteiger partial charge in [-0.2, -0.15) is 5.10 Å². The predicted molar refractivity (Wildman–Crippen MR) is 122 cm³/mol. The SMILES string of the molecule is Cc1ccc(-c2cc(C(=O)Nc3ccc(C)c(Br)c3)nn2C2CCS(=O)(=O)C2)cc1. The summed E-state index contributed by atoms with van der Waals surface area (Å²) in [5, 5.41) is 7.39. The Morgan fingerprint density at radius 1 is 1.13 bits per heavy atom. The van der Waals surface area contributed by atoms with Gasteiger partial charge in [-0.3, -0.25) is 9.48 Å². The van der Waals surface area contributed by atoms with Gasteiger partial charge >= 0.3 is 0 Å². The van der Waals surface area contributed by atoms with Crippen molar-refractivity contribution in [2.24, 2.45) is 0 Å². The highest BCUT2D eigenvalue weighted by atomic mass is 79.9. The molecule has 30 heavy (non-hydrogen) atoms. The Labute approximate surface area is 184 Å². The molecule has 8 heteroatoms. The number of amides is 1. The monoisotopic (exact) mass is 487 g/mol. The lowest BCUT2D eigenvalue weighted by atomic mass is 10.1. The Bertz CT molecular complexity index is 1220. The highest BCUT2D eigenvalue weighted by Gasteiger charge is 2.32. The maximum absolute atomic E-state index is 12.9. The molecule has 1 aromatic heterocycles. The molecular formula is C22H22BrN3O3S. The normalized spacial score (nSPS) is 17.8. The van der Waals surface area contributed by atoms with Crippen LogP contribution in [-0.2, 0) is 9.84 Å². The molecule has 1 atom stereocenters. The van der Waals surface area contributed by atoms with E-state index in [0.29, 0.717) is 12.1 Å². The lowest BCUT2D eigenvalue weighted by Crippen LogP contribution is -2.16. The summed E-state index contributed by atoms with van der Waals surface area (Å²) in [6.07, 6.45) is 0.495. The molecule has 0 bridgehead atoms. The second kappa shape index (κ2) is 8.00. The van der Waals surface area contributed by atoms with Gasteiger partial charge in [-0.1, -0.05) is 51.8 Å². The Kier molecular flexibility index (Phi) is 5.55. The fourth-order valence-electron chi connectivity index (χ4n) is 3.56. The molecule has 1 aliphatic rings. The lowest BCUT2D eigenvalue weighted by Gasteiger charge is -2.13. The van der Waals surface area contributed by atoms with Crippen LogP contribution in [0.1, 0.15) is 34.1 Å². The van der Waals surface area contributed by atoms with Gasteiger partial charge in [0.15, 0.2) is 15.5 Å². The zero-order valence-corrected chi connectivity index (χ0v) is 19.1. The van der Waals surface area contributed by atoms with E-state index in [4.69, 9.17) is 0 Å². The van der Waals surface area contributed by atoms with Crippen molar-refractivity contribution in [3.8, 4) is 11.3 Å². The highest BCUT2D eigenvalue weighted by Crippen LogP contribution is 2.30. The van der Waals surface area contributed by atoms with Crippen LogP contribution in [0.15, 0.2) is 53.0 Å². The van der Waals surface area contributed by atoms with Crippen LogP contribution in [0, 0.1) is 13.8 Å². The molecule has 0 radical (unpaired) electrons. The number of sulfone groups is 1. The molecule has 1 saturated heterocycles. The standard InChI is InChI=1S/C22H22BrN3O3S/c1-14-3-6-16(7-4-14)21-12-20(25-26(21)18-9-10-30(28,29)13-18)22(27)24-17-8-5-15(2)19(23)11-17/h3-8,11-12,18H,9-10,13H2,1-2H3,(H,24,27). The van der Waals surface area contributed by atoms with Crippen molar-refractivity contribution in [1.82, 2.24) is 9.78 Å². The molecule has 0 saturated carbocycles. The zero-order valence-electron chi connectivity index (χ0n) is 16.7. The Morgan fingerprint density at radius 3 is 2.50 bits per heavy atom. The van der Waals surface area contributed by atoms with Crippen molar-refractivity contribution in [3.63, 3.8) is 0 Å². The number of hydrogen-bond donors (Lipinski definition) is 1. The van der Waals surface area contributed by atoms with Crippen molar-refractivity contribution in [2.75, 3.05) is 16.8 Å². The number of carbonyl (C=O) groups excluding carboxylic acids is 1. The summed E-state index contributed by atoms with van der Waals surface area (Å²) in [5.74, 6) is -0.151. The lowest BCUT2D eigenvalue weighted by molar-refractivity contribution is 0.102. The number of nitrogens with one attached hydrogen (secondary N) is 1. The van der Waals surface area contributed by atoms with E-state index in [1.54, 1.807) is 10.7 Å². The molecule has 4 rings (SSSR count). The van der Waals surface area contributed by atoms with Gasteiger partial charge in [-0.15, -0.1) is 0 Å². The largest absolute Gasteiger partial charge is 0.321 e. The molecular weight excluding hydrogens is 466 g/mol. The third kappa shape index (κ3) is 4.34.